The number of carbonyl (C=O) groups excluding carboxylic acids is 2. The monoisotopic (exact) mass is 455 g/mol. The molecule has 0 radical (unpaired) electrons. The largest absolute Gasteiger partial charge is 0.497 e. The van der Waals surface area contributed by atoms with Crippen LogP contribution in [0.4, 0.5) is 0 Å². The molecule has 0 saturated heterocycles. The van der Waals surface area contributed by atoms with E-state index in [1.54, 1.807) is 49.6 Å². The van der Waals surface area contributed by atoms with Crippen LogP contribution in [-0.4, -0.2) is 23.8 Å². The first-order chi connectivity index (χ1) is 16.5. The molecule has 8 nitrogen and oxygen atoms in total. The van der Waals surface area contributed by atoms with Crippen LogP contribution in [0.15, 0.2) is 69.8 Å². The van der Waals surface area contributed by atoms with Gasteiger partial charge in [0, 0.05) is 29.2 Å². The van der Waals surface area contributed by atoms with Gasteiger partial charge in [0.05, 0.1) is 30.9 Å². The lowest BCUT2D eigenvalue weighted by atomic mass is 9.85. The maximum Gasteiger partial charge on any atom is 0.312 e. The number of methoxy groups -OCH3 is 1. The number of rotatable bonds is 3. The standard InChI is InChI=1S/C26H17NO7/c1-31-14-5-4-13-9-18(26(30)27-19(13)10-14)17-12-22(28)33-20-7-6-16-24(29)21(34-25(16)23(17)20)11-15-3-2-8-32-15/h2-11,17H,12H2,1H3,(H,27,30). The minimum atomic E-state index is -0.655. The summed E-state index contributed by atoms with van der Waals surface area (Å²) in [6.07, 6.45) is 2.94. The molecule has 1 N–H and O–H groups in total. The molecule has 168 valence electrons. The third-order valence-corrected chi connectivity index (χ3v) is 6.05. The zero-order valence-electron chi connectivity index (χ0n) is 17.9. The van der Waals surface area contributed by atoms with Crippen LogP contribution in [0.3, 0.4) is 0 Å². The van der Waals surface area contributed by atoms with Crippen LogP contribution in [0.1, 0.15) is 39.6 Å². The van der Waals surface area contributed by atoms with Crippen molar-refractivity contribution < 1.29 is 28.2 Å². The summed E-state index contributed by atoms with van der Waals surface area (Å²) in [7, 11) is 1.55. The van der Waals surface area contributed by atoms with E-state index in [-0.39, 0.29) is 35.0 Å². The van der Waals surface area contributed by atoms with Crippen LogP contribution in [0.5, 0.6) is 17.2 Å². The number of ether oxygens (including phenoxy) is 3. The predicted octanol–water partition coefficient (Wildman–Crippen LogP) is 4.19. The quantitative estimate of drug-likeness (QED) is 0.280. The number of H-pyrrole nitrogens is 1. The molecule has 0 fully saturated rings. The van der Waals surface area contributed by atoms with E-state index >= 15 is 0 Å². The van der Waals surface area contributed by atoms with Gasteiger partial charge in [0.1, 0.15) is 23.0 Å². The number of esters is 1. The fraction of sp³-hybridized carbons (Fsp3) is 0.115. The molecule has 1 atom stereocenters. The van der Waals surface area contributed by atoms with Crippen molar-refractivity contribution in [2.75, 3.05) is 7.11 Å². The van der Waals surface area contributed by atoms with Crippen LogP contribution in [0, 0.1) is 0 Å². The van der Waals surface area contributed by atoms with Gasteiger partial charge in [-0.15, -0.1) is 0 Å². The maximum absolute atomic E-state index is 13.1. The van der Waals surface area contributed by atoms with Gasteiger partial charge in [-0.05, 0) is 47.9 Å². The summed E-state index contributed by atoms with van der Waals surface area (Å²) in [5.74, 6) is 0.281. The number of pyridine rings is 1. The number of allylic oxidation sites excluding steroid dienone is 1. The number of benzene rings is 2. The van der Waals surface area contributed by atoms with Crippen molar-refractivity contribution >= 4 is 28.7 Å². The second kappa shape index (κ2) is 7.48. The SMILES string of the molecule is COc1ccc2cc(C3CC(=O)Oc4ccc5c(c43)OC(=Cc3ccco3)C5=O)c(=O)[nH]c2c1. The zero-order valence-corrected chi connectivity index (χ0v) is 17.9. The molecule has 2 aliphatic heterocycles. The molecular weight excluding hydrogens is 438 g/mol. The van der Waals surface area contributed by atoms with E-state index in [2.05, 4.69) is 4.98 Å². The molecule has 0 saturated carbocycles. The first-order valence-electron chi connectivity index (χ1n) is 10.6. The highest BCUT2D eigenvalue weighted by Gasteiger charge is 2.39. The van der Waals surface area contributed by atoms with E-state index in [9.17, 15) is 14.4 Å². The van der Waals surface area contributed by atoms with Crippen LogP contribution in [0.2, 0.25) is 0 Å². The highest BCUT2D eigenvalue weighted by Crippen LogP contribution is 2.48. The van der Waals surface area contributed by atoms with E-state index in [1.165, 1.54) is 12.3 Å². The second-order valence-electron chi connectivity index (χ2n) is 8.05. The van der Waals surface area contributed by atoms with E-state index in [1.807, 2.05) is 6.07 Å². The summed E-state index contributed by atoms with van der Waals surface area (Å²) in [6, 6.07) is 13.6. The molecule has 0 bridgehead atoms. The molecule has 8 heteroatoms. The maximum atomic E-state index is 13.1. The Bertz CT molecular complexity index is 1580. The summed E-state index contributed by atoms with van der Waals surface area (Å²) in [5, 5.41) is 0.777. The lowest BCUT2D eigenvalue weighted by molar-refractivity contribution is -0.135. The van der Waals surface area contributed by atoms with Gasteiger partial charge in [0.2, 0.25) is 5.78 Å². The average Bonchev–Trinajstić information content (AvgIpc) is 3.45. The minimum Gasteiger partial charge on any atom is -0.497 e. The number of nitrogens with one attached hydrogen (secondary N) is 1. The lowest BCUT2D eigenvalue weighted by Gasteiger charge is -2.26. The first-order valence-corrected chi connectivity index (χ1v) is 10.6. The summed E-state index contributed by atoms with van der Waals surface area (Å²) in [5.41, 5.74) is 1.47. The van der Waals surface area contributed by atoms with Gasteiger partial charge in [-0.25, -0.2) is 0 Å². The highest BCUT2D eigenvalue weighted by atomic mass is 16.5. The number of hydrogen-bond donors (Lipinski definition) is 1. The van der Waals surface area contributed by atoms with Gasteiger partial charge in [0.15, 0.2) is 5.76 Å². The zero-order chi connectivity index (χ0) is 23.4. The van der Waals surface area contributed by atoms with Crippen molar-refractivity contribution in [3.8, 4) is 17.2 Å². The predicted molar refractivity (Wildman–Crippen MR) is 121 cm³/mol. The van der Waals surface area contributed by atoms with Crippen molar-refractivity contribution in [3.05, 3.63) is 93.4 Å². The third-order valence-electron chi connectivity index (χ3n) is 6.05. The van der Waals surface area contributed by atoms with Gasteiger partial charge < -0.3 is 23.6 Å². The van der Waals surface area contributed by atoms with Crippen LogP contribution >= 0.6 is 0 Å². The molecule has 4 heterocycles. The Balaban J connectivity index is 1.51. The molecule has 0 aliphatic carbocycles. The number of carbonyl (C=O) groups is 2. The van der Waals surface area contributed by atoms with Gasteiger partial charge in [-0.3, -0.25) is 14.4 Å². The van der Waals surface area contributed by atoms with Gasteiger partial charge in [-0.2, -0.15) is 0 Å². The molecule has 6 rings (SSSR count). The fourth-order valence-electron chi connectivity index (χ4n) is 4.46. The number of aromatic amines is 1. The lowest BCUT2D eigenvalue weighted by Crippen LogP contribution is -2.26. The Kier molecular flexibility index (Phi) is 4.41. The molecule has 2 aromatic carbocycles. The summed E-state index contributed by atoms with van der Waals surface area (Å²) in [4.78, 5) is 41.4. The Morgan fingerprint density at radius 3 is 2.74 bits per heavy atom. The van der Waals surface area contributed by atoms with Crippen molar-refractivity contribution in [1.82, 2.24) is 4.98 Å². The number of furan rings is 1. The average molecular weight is 455 g/mol. The third kappa shape index (κ3) is 3.11. The number of fused-ring (bicyclic) bond motifs is 4. The van der Waals surface area contributed by atoms with E-state index < -0.39 is 11.9 Å². The Hall–Kier alpha value is -4.59. The molecule has 2 aliphatic rings. The molecule has 4 aromatic rings. The normalized spacial score (nSPS) is 17.9. The molecule has 0 spiro atoms. The number of hydrogen-bond acceptors (Lipinski definition) is 7. The molecule has 34 heavy (non-hydrogen) atoms. The Morgan fingerprint density at radius 1 is 1.06 bits per heavy atom. The van der Waals surface area contributed by atoms with Crippen molar-refractivity contribution in [2.45, 2.75) is 12.3 Å². The Labute approximate surface area is 192 Å². The first kappa shape index (κ1) is 20.0. The fourth-order valence-corrected chi connectivity index (χ4v) is 4.46. The van der Waals surface area contributed by atoms with Crippen LogP contribution in [-0.2, 0) is 4.79 Å². The van der Waals surface area contributed by atoms with Crippen LogP contribution in [0.25, 0.3) is 17.0 Å². The molecule has 2 aromatic heterocycles. The molecular formula is C26H17NO7. The highest BCUT2D eigenvalue weighted by molar-refractivity contribution is 6.15. The van der Waals surface area contributed by atoms with E-state index in [0.29, 0.717) is 33.7 Å². The molecule has 1 unspecified atom stereocenters. The summed E-state index contributed by atoms with van der Waals surface area (Å²) >= 11 is 0. The van der Waals surface area contributed by atoms with Crippen molar-refractivity contribution in [1.29, 1.82) is 0 Å². The topological polar surface area (TPSA) is 108 Å². The molecule has 0 amide bonds. The van der Waals surface area contributed by atoms with Crippen LogP contribution < -0.4 is 19.8 Å². The van der Waals surface area contributed by atoms with Crippen molar-refractivity contribution in [3.63, 3.8) is 0 Å². The van der Waals surface area contributed by atoms with Gasteiger partial charge in [-0.1, -0.05) is 0 Å². The van der Waals surface area contributed by atoms with Gasteiger partial charge >= 0.3 is 5.97 Å². The summed E-state index contributed by atoms with van der Waals surface area (Å²) < 4.78 is 21.9. The van der Waals surface area contributed by atoms with Crippen molar-refractivity contribution in [2.24, 2.45) is 0 Å². The minimum absolute atomic E-state index is 0.0665. The number of aromatic nitrogens is 1. The van der Waals surface area contributed by atoms with Gasteiger partial charge in [0.25, 0.3) is 5.56 Å². The second-order valence-corrected chi connectivity index (χ2v) is 8.05. The van der Waals surface area contributed by atoms with E-state index in [4.69, 9.17) is 18.6 Å². The number of Topliss-reactive ketones (excluding diaryl/α,β-unsaturated/α-hetero) is 1. The Morgan fingerprint density at radius 2 is 1.94 bits per heavy atom. The van der Waals surface area contributed by atoms with E-state index in [0.717, 1.165) is 5.39 Å². The smallest absolute Gasteiger partial charge is 0.312 e. The summed E-state index contributed by atoms with van der Waals surface area (Å²) in [6.45, 7) is 0. The number of ketones is 1.